The summed E-state index contributed by atoms with van der Waals surface area (Å²) in [6.07, 6.45) is 6.32. The van der Waals surface area contributed by atoms with Gasteiger partial charge in [-0.15, -0.1) is 0 Å². The van der Waals surface area contributed by atoms with Crippen molar-refractivity contribution in [3.63, 3.8) is 0 Å². The van der Waals surface area contributed by atoms with E-state index in [1.807, 2.05) is 11.8 Å². The zero-order chi connectivity index (χ0) is 7.45. The number of rotatable bonds is 5. The Balaban J connectivity index is 2.01. The molecule has 0 heterocycles. The van der Waals surface area contributed by atoms with Crippen LogP contribution < -0.4 is 5.32 Å². The maximum Gasteiger partial charge on any atom is 0.0282 e. The Hall–Kier alpha value is 0.310. The fourth-order valence-electron chi connectivity index (χ4n) is 1.09. The van der Waals surface area contributed by atoms with Gasteiger partial charge < -0.3 is 5.32 Å². The molecule has 0 saturated heterocycles. The average molecular weight is 159 g/mol. The van der Waals surface area contributed by atoms with E-state index in [0.717, 1.165) is 0 Å². The summed E-state index contributed by atoms with van der Waals surface area (Å²) in [4.78, 5) is 0. The zero-order valence-electron chi connectivity index (χ0n) is 6.94. The van der Waals surface area contributed by atoms with Gasteiger partial charge in [0.15, 0.2) is 0 Å². The average Bonchev–Trinajstić information content (AvgIpc) is 2.70. The lowest BCUT2D eigenvalue weighted by Crippen LogP contribution is -2.26. The standard InChI is InChI=1S/C8H17NS/c1-3-6-9-7-8(10-2)4-5-8/h9H,3-7H2,1-2H3. The maximum atomic E-state index is 3.47. The van der Waals surface area contributed by atoms with Crippen LogP contribution in [0.3, 0.4) is 0 Å². The Morgan fingerprint density at radius 1 is 1.50 bits per heavy atom. The van der Waals surface area contributed by atoms with Crippen molar-refractivity contribution in [2.24, 2.45) is 0 Å². The predicted molar refractivity (Wildman–Crippen MR) is 48.6 cm³/mol. The van der Waals surface area contributed by atoms with Crippen LogP contribution in [0.25, 0.3) is 0 Å². The molecule has 1 saturated carbocycles. The molecule has 1 aliphatic carbocycles. The van der Waals surface area contributed by atoms with Crippen LogP contribution in [-0.4, -0.2) is 24.1 Å². The molecule has 1 aliphatic rings. The summed E-state index contributed by atoms with van der Waals surface area (Å²) in [6, 6.07) is 0. The van der Waals surface area contributed by atoms with Crippen LogP contribution >= 0.6 is 11.8 Å². The van der Waals surface area contributed by atoms with Gasteiger partial charge in [-0.2, -0.15) is 11.8 Å². The largest absolute Gasteiger partial charge is 0.315 e. The molecular weight excluding hydrogens is 142 g/mol. The van der Waals surface area contributed by atoms with Crippen molar-refractivity contribution in [1.29, 1.82) is 0 Å². The maximum absolute atomic E-state index is 3.47. The van der Waals surface area contributed by atoms with Gasteiger partial charge in [0.2, 0.25) is 0 Å². The molecule has 1 nitrogen and oxygen atoms in total. The Labute approximate surface area is 68.0 Å². The highest BCUT2D eigenvalue weighted by atomic mass is 32.2. The Morgan fingerprint density at radius 3 is 2.60 bits per heavy atom. The minimum atomic E-state index is 0.648. The van der Waals surface area contributed by atoms with Crippen LogP contribution in [0, 0.1) is 0 Å². The van der Waals surface area contributed by atoms with Gasteiger partial charge in [-0.1, -0.05) is 6.92 Å². The van der Waals surface area contributed by atoms with Crippen molar-refractivity contribution in [3.05, 3.63) is 0 Å². The molecular formula is C8H17NS. The Kier molecular flexibility index (Phi) is 3.05. The van der Waals surface area contributed by atoms with Crippen molar-refractivity contribution in [2.45, 2.75) is 30.9 Å². The first-order valence-corrected chi connectivity index (χ1v) is 5.31. The Morgan fingerprint density at radius 2 is 2.20 bits per heavy atom. The van der Waals surface area contributed by atoms with Crippen molar-refractivity contribution in [3.8, 4) is 0 Å². The smallest absolute Gasteiger partial charge is 0.0282 e. The fourth-order valence-corrected chi connectivity index (χ4v) is 1.84. The van der Waals surface area contributed by atoms with E-state index in [1.165, 1.54) is 32.4 Å². The van der Waals surface area contributed by atoms with Gasteiger partial charge in [-0.05, 0) is 32.1 Å². The van der Waals surface area contributed by atoms with Gasteiger partial charge >= 0.3 is 0 Å². The molecule has 10 heavy (non-hydrogen) atoms. The molecule has 0 atom stereocenters. The normalized spacial score (nSPS) is 21.0. The van der Waals surface area contributed by atoms with Crippen molar-refractivity contribution < 1.29 is 0 Å². The van der Waals surface area contributed by atoms with Gasteiger partial charge in [-0.3, -0.25) is 0 Å². The molecule has 0 unspecified atom stereocenters. The number of hydrogen-bond acceptors (Lipinski definition) is 2. The molecule has 60 valence electrons. The summed E-state index contributed by atoms with van der Waals surface area (Å²) in [6.45, 7) is 4.62. The minimum absolute atomic E-state index is 0.648. The molecule has 1 rings (SSSR count). The predicted octanol–water partition coefficient (Wildman–Crippen LogP) is 1.88. The third kappa shape index (κ3) is 2.17. The van der Waals surface area contributed by atoms with Crippen LogP contribution in [0.4, 0.5) is 0 Å². The highest BCUT2D eigenvalue weighted by Gasteiger charge is 2.40. The second-order valence-electron chi connectivity index (χ2n) is 3.06. The van der Waals surface area contributed by atoms with E-state index in [2.05, 4.69) is 18.5 Å². The van der Waals surface area contributed by atoms with E-state index >= 15 is 0 Å². The second kappa shape index (κ2) is 3.63. The molecule has 1 fully saturated rings. The molecule has 0 aromatic carbocycles. The van der Waals surface area contributed by atoms with Gasteiger partial charge in [0.25, 0.3) is 0 Å². The first-order valence-electron chi connectivity index (χ1n) is 4.09. The molecule has 1 N–H and O–H groups in total. The molecule has 0 aromatic heterocycles. The highest BCUT2D eigenvalue weighted by molar-refractivity contribution is 8.00. The molecule has 0 bridgehead atoms. The molecule has 0 spiro atoms. The topological polar surface area (TPSA) is 12.0 Å². The first kappa shape index (κ1) is 8.41. The third-order valence-electron chi connectivity index (χ3n) is 2.11. The van der Waals surface area contributed by atoms with E-state index in [0.29, 0.717) is 4.75 Å². The zero-order valence-corrected chi connectivity index (χ0v) is 7.76. The van der Waals surface area contributed by atoms with E-state index < -0.39 is 0 Å². The lowest BCUT2D eigenvalue weighted by atomic mass is 10.4. The summed E-state index contributed by atoms with van der Waals surface area (Å²) in [5.41, 5.74) is 0. The van der Waals surface area contributed by atoms with Crippen LogP contribution in [0.2, 0.25) is 0 Å². The fraction of sp³-hybridized carbons (Fsp3) is 1.00. The molecule has 2 heteroatoms. The van der Waals surface area contributed by atoms with Crippen LogP contribution in [0.1, 0.15) is 26.2 Å². The van der Waals surface area contributed by atoms with E-state index in [-0.39, 0.29) is 0 Å². The summed E-state index contributed by atoms with van der Waals surface area (Å²) in [5.74, 6) is 0. The van der Waals surface area contributed by atoms with Crippen molar-refractivity contribution >= 4 is 11.8 Å². The third-order valence-corrected chi connectivity index (χ3v) is 3.53. The number of hydrogen-bond donors (Lipinski definition) is 1. The van der Waals surface area contributed by atoms with Gasteiger partial charge in [0.1, 0.15) is 0 Å². The number of nitrogens with one attached hydrogen (secondary N) is 1. The van der Waals surface area contributed by atoms with Gasteiger partial charge in [-0.25, -0.2) is 0 Å². The summed E-state index contributed by atoms with van der Waals surface area (Å²) in [7, 11) is 0. The van der Waals surface area contributed by atoms with Crippen LogP contribution in [0.5, 0.6) is 0 Å². The second-order valence-corrected chi connectivity index (χ2v) is 4.34. The molecule has 0 amide bonds. The minimum Gasteiger partial charge on any atom is -0.315 e. The first-order chi connectivity index (χ1) is 4.83. The van der Waals surface area contributed by atoms with E-state index in [9.17, 15) is 0 Å². The Bertz CT molecular complexity index is 99.4. The summed E-state index contributed by atoms with van der Waals surface area (Å²) >= 11 is 2.03. The van der Waals surface area contributed by atoms with Crippen molar-refractivity contribution in [2.75, 3.05) is 19.3 Å². The van der Waals surface area contributed by atoms with E-state index in [4.69, 9.17) is 0 Å². The highest BCUT2D eigenvalue weighted by Crippen LogP contribution is 2.46. The van der Waals surface area contributed by atoms with Gasteiger partial charge in [0.05, 0.1) is 0 Å². The number of thioether (sulfide) groups is 1. The van der Waals surface area contributed by atoms with Crippen molar-refractivity contribution in [1.82, 2.24) is 5.32 Å². The quantitative estimate of drug-likeness (QED) is 0.615. The van der Waals surface area contributed by atoms with Crippen LogP contribution in [-0.2, 0) is 0 Å². The molecule has 0 aromatic rings. The van der Waals surface area contributed by atoms with Crippen LogP contribution in [0.15, 0.2) is 0 Å². The lowest BCUT2D eigenvalue weighted by Gasteiger charge is -2.11. The SMILES string of the molecule is CCCNCC1(SC)CC1. The molecule has 0 radical (unpaired) electrons. The molecule has 0 aliphatic heterocycles. The lowest BCUT2D eigenvalue weighted by molar-refractivity contribution is 0.651. The van der Waals surface area contributed by atoms with E-state index in [1.54, 1.807) is 0 Å². The summed E-state index contributed by atoms with van der Waals surface area (Å²) < 4.78 is 0.648. The summed E-state index contributed by atoms with van der Waals surface area (Å²) in [5, 5.41) is 3.47. The van der Waals surface area contributed by atoms with Gasteiger partial charge in [0, 0.05) is 11.3 Å². The monoisotopic (exact) mass is 159 g/mol.